The van der Waals surface area contributed by atoms with Gasteiger partial charge in [-0.1, -0.05) is 19.9 Å². The van der Waals surface area contributed by atoms with Crippen molar-refractivity contribution in [1.29, 1.82) is 0 Å². The van der Waals surface area contributed by atoms with Crippen LogP contribution in [0.25, 0.3) is 0 Å². The fraction of sp³-hybridized carbons (Fsp3) is 0.571. The number of ether oxygens (including phenoxy) is 1. The van der Waals surface area contributed by atoms with E-state index in [-0.39, 0.29) is 5.75 Å². The molecule has 1 rings (SSSR count). The van der Waals surface area contributed by atoms with Crippen molar-refractivity contribution in [3.8, 4) is 5.75 Å². The standard InChI is InChI=1S/C14H21F2NO/c1-3-11(17-4-2)7-6-10-18-14-12(15)8-5-9-13(14)16/h5,8-9,11,17H,3-4,6-7,10H2,1-2H3. The fourth-order valence-corrected chi connectivity index (χ4v) is 1.86. The van der Waals surface area contributed by atoms with Crippen LogP contribution in [-0.4, -0.2) is 19.2 Å². The van der Waals surface area contributed by atoms with Crippen molar-refractivity contribution in [3.05, 3.63) is 29.8 Å². The van der Waals surface area contributed by atoms with Crippen LogP contribution < -0.4 is 10.1 Å². The lowest BCUT2D eigenvalue weighted by Crippen LogP contribution is -2.28. The molecule has 0 aliphatic heterocycles. The van der Waals surface area contributed by atoms with Crippen molar-refractivity contribution in [2.45, 2.75) is 39.2 Å². The van der Waals surface area contributed by atoms with Crippen LogP contribution >= 0.6 is 0 Å². The number of halogens is 2. The summed E-state index contributed by atoms with van der Waals surface area (Å²) < 4.78 is 31.7. The quantitative estimate of drug-likeness (QED) is 0.719. The van der Waals surface area contributed by atoms with E-state index in [1.54, 1.807) is 0 Å². The van der Waals surface area contributed by atoms with Gasteiger partial charge in [-0.2, -0.15) is 0 Å². The average molecular weight is 257 g/mol. The normalized spacial score (nSPS) is 12.4. The molecule has 1 aromatic carbocycles. The highest BCUT2D eigenvalue weighted by Crippen LogP contribution is 2.21. The maximum Gasteiger partial charge on any atom is 0.190 e. The second-order valence-corrected chi connectivity index (χ2v) is 4.20. The number of hydrogen-bond acceptors (Lipinski definition) is 2. The first-order chi connectivity index (χ1) is 8.69. The van der Waals surface area contributed by atoms with Gasteiger partial charge in [0.15, 0.2) is 17.4 Å². The number of rotatable bonds is 8. The lowest BCUT2D eigenvalue weighted by Gasteiger charge is -2.15. The van der Waals surface area contributed by atoms with Crippen molar-refractivity contribution >= 4 is 0 Å². The minimum absolute atomic E-state index is 0.269. The van der Waals surface area contributed by atoms with Gasteiger partial charge in [-0.3, -0.25) is 0 Å². The van der Waals surface area contributed by atoms with Crippen LogP contribution in [0, 0.1) is 11.6 Å². The van der Waals surface area contributed by atoms with Gasteiger partial charge in [-0.25, -0.2) is 8.78 Å². The minimum Gasteiger partial charge on any atom is -0.488 e. The summed E-state index contributed by atoms with van der Waals surface area (Å²) in [5, 5.41) is 3.35. The van der Waals surface area contributed by atoms with E-state index >= 15 is 0 Å². The third kappa shape index (κ3) is 4.61. The van der Waals surface area contributed by atoms with Crippen LogP contribution in [0.4, 0.5) is 8.78 Å². The fourth-order valence-electron chi connectivity index (χ4n) is 1.86. The van der Waals surface area contributed by atoms with Gasteiger partial charge in [0.05, 0.1) is 6.61 Å². The largest absolute Gasteiger partial charge is 0.488 e. The van der Waals surface area contributed by atoms with Crippen molar-refractivity contribution in [2.75, 3.05) is 13.2 Å². The molecule has 1 aromatic rings. The van der Waals surface area contributed by atoms with Gasteiger partial charge in [0.1, 0.15) is 0 Å². The summed E-state index contributed by atoms with van der Waals surface area (Å²) in [5.74, 6) is -1.56. The first-order valence-electron chi connectivity index (χ1n) is 6.49. The summed E-state index contributed by atoms with van der Waals surface area (Å²) in [6, 6.07) is 4.18. The van der Waals surface area contributed by atoms with E-state index in [2.05, 4.69) is 19.2 Å². The van der Waals surface area contributed by atoms with Gasteiger partial charge in [0.2, 0.25) is 0 Å². The molecule has 0 aliphatic carbocycles. The zero-order valence-electron chi connectivity index (χ0n) is 11.0. The molecule has 0 heterocycles. The van der Waals surface area contributed by atoms with Gasteiger partial charge in [-0.15, -0.1) is 0 Å². The number of para-hydroxylation sites is 1. The maximum absolute atomic E-state index is 13.2. The van der Waals surface area contributed by atoms with Crippen molar-refractivity contribution in [1.82, 2.24) is 5.32 Å². The van der Waals surface area contributed by atoms with E-state index < -0.39 is 11.6 Å². The molecule has 0 aromatic heterocycles. The maximum atomic E-state index is 13.2. The molecule has 1 N–H and O–H groups in total. The topological polar surface area (TPSA) is 21.3 Å². The molecular formula is C14H21F2NO. The smallest absolute Gasteiger partial charge is 0.190 e. The number of benzene rings is 1. The highest BCUT2D eigenvalue weighted by Gasteiger charge is 2.10. The predicted molar refractivity (Wildman–Crippen MR) is 68.8 cm³/mol. The first-order valence-corrected chi connectivity index (χ1v) is 6.49. The molecule has 0 spiro atoms. The molecule has 0 aliphatic rings. The minimum atomic E-state index is -0.645. The van der Waals surface area contributed by atoms with Crippen LogP contribution in [-0.2, 0) is 0 Å². The second-order valence-electron chi connectivity index (χ2n) is 4.20. The van der Waals surface area contributed by atoms with Gasteiger partial charge in [0, 0.05) is 6.04 Å². The molecular weight excluding hydrogens is 236 g/mol. The third-order valence-corrected chi connectivity index (χ3v) is 2.85. The summed E-state index contributed by atoms with van der Waals surface area (Å²) in [6.45, 7) is 5.44. The monoisotopic (exact) mass is 257 g/mol. The Morgan fingerprint density at radius 1 is 1.22 bits per heavy atom. The zero-order valence-corrected chi connectivity index (χ0v) is 11.0. The van der Waals surface area contributed by atoms with Crippen LogP contribution in [0.2, 0.25) is 0 Å². The summed E-state index contributed by atoms with van der Waals surface area (Å²) in [6.07, 6.45) is 2.77. The summed E-state index contributed by atoms with van der Waals surface area (Å²) >= 11 is 0. The Morgan fingerprint density at radius 2 is 1.89 bits per heavy atom. The summed E-state index contributed by atoms with van der Waals surface area (Å²) in [7, 11) is 0. The lowest BCUT2D eigenvalue weighted by atomic mass is 10.1. The Morgan fingerprint density at radius 3 is 2.44 bits per heavy atom. The van der Waals surface area contributed by atoms with Crippen molar-refractivity contribution < 1.29 is 13.5 Å². The Balaban J connectivity index is 2.33. The molecule has 0 amide bonds. The SMILES string of the molecule is CCNC(CC)CCCOc1c(F)cccc1F. The van der Waals surface area contributed by atoms with Gasteiger partial charge >= 0.3 is 0 Å². The van der Waals surface area contributed by atoms with Crippen molar-refractivity contribution in [3.63, 3.8) is 0 Å². The first kappa shape index (κ1) is 14.9. The molecule has 2 nitrogen and oxygen atoms in total. The molecule has 0 saturated carbocycles. The number of hydrogen-bond donors (Lipinski definition) is 1. The summed E-state index contributed by atoms with van der Waals surface area (Å²) in [4.78, 5) is 0. The molecule has 0 fully saturated rings. The van der Waals surface area contributed by atoms with E-state index in [1.807, 2.05) is 0 Å². The van der Waals surface area contributed by atoms with Gasteiger partial charge < -0.3 is 10.1 Å². The van der Waals surface area contributed by atoms with Crippen LogP contribution in [0.1, 0.15) is 33.1 Å². The molecule has 1 atom stereocenters. The Bertz CT molecular complexity index is 337. The zero-order chi connectivity index (χ0) is 13.4. The highest BCUT2D eigenvalue weighted by molar-refractivity contribution is 5.25. The van der Waals surface area contributed by atoms with E-state index in [4.69, 9.17) is 4.74 Å². The van der Waals surface area contributed by atoms with E-state index in [0.29, 0.717) is 12.6 Å². The Hall–Kier alpha value is -1.16. The van der Waals surface area contributed by atoms with Crippen molar-refractivity contribution in [2.24, 2.45) is 0 Å². The van der Waals surface area contributed by atoms with Crippen LogP contribution in [0.5, 0.6) is 5.75 Å². The molecule has 0 radical (unpaired) electrons. The predicted octanol–water partition coefficient (Wildman–Crippen LogP) is 3.51. The molecule has 18 heavy (non-hydrogen) atoms. The van der Waals surface area contributed by atoms with E-state index in [9.17, 15) is 8.78 Å². The Kier molecular flexibility index (Phi) is 6.65. The van der Waals surface area contributed by atoms with Gasteiger partial charge in [-0.05, 0) is 37.9 Å². The molecule has 4 heteroatoms. The Labute approximate surface area is 107 Å². The molecule has 0 bridgehead atoms. The molecule has 1 unspecified atom stereocenters. The highest BCUT2D eigenvalue weighted by atomic mass is 19.1. The second kappa shape index (κ2) is 8.03. The summed E-state index contributed by atoms with van der Waals surface area (Å²) in [5.41, 5.74) is 0. The third-order valence-electron chi connectivity index (χ3n) is 2.85. The van der Waals surface area contributed by atoms with Gasteiger partial charge in [0.25, 0.3) is 0 Å². The van der Waals surface area contributed by atoms with Crippen LogP contribution in [0.3, 0.4) is 0 Å². The molecule has 0 saturated heterocycles. The lowest BCUT2D eigenvalue weighted by molar-refractivity contribution is 0.268. The number of nitrogens with one attached hydrogen (secondary N) is 1. The van der Waals surface area contributed by atoms with Crippen LogP contribution in [0.15, 0.2) is 18.2 Å². The average Bonchev–Trinajstić information content (AvgIpc) is 2.36. The molecule has 102 valence electrons. The van der Waals surface area contributed by atoms with E-state index in [0.717, 1.165) is 25.8 Å². The van der Waals surface area contributed by atoms with E-state index in [1.165, 1.54) is 18.2 Å².